The van der Waals surface area contributed by atoms with E-state index in [9.17, 15) is 27.2 Å². The summed E-state index contributed by atoms with van der Waals surface area (Å²) < 4.78 is 57.5. The standard InChI is InChI=1S/C24H21F4N3O3/c1-34-19-9-2-13(10-17(19)25)11-20-29-18(12-21(32)30-20)23(33)31-22(14-3-4-14)15-5-7-16(8-6-15)24(26,27)28/h2,5-10,12,14,22H,3-4,11H2,1H3,(H,31,33)(H,29,30,32). The largest absolute Gasteiger partial charge is 0.494 e. The predicted molar refractivity (Wildman–Crippen MR) is 115 cm³/mol. The first kappa shape index (κ1) is 23.5. The Hall–Kier alpha value is -3.69. The maximum absolute atomic E-state index is 14.0. The highest BCUT2D eigenvalue weighted by Gasteiger charge is 2.35. The lowest BCUT2D eigenvalue weighted by Crippen LogP contribution is -2.32. The molecular formula is C24H21F4N3O3. The second kappa shape index (κ2) is 9.28. The number of nitrogens with one attached hydrogen (secondary N) is 2. The van der Waals surface area contributed by atoms with Gasteiger partial charge in [0.1, 0.15) is 11.5 Å². The second-order valence-corrected chi connectivity index (χ2v) is 8.13. The van der Waals surface area contributed by atoms with E-state index in [0.717, 1.165) is 31.0 Å². The van der Waals surface area contributed by atoms with Gasteiger partial charge in [-0.2, -0.15) is 13.2 Å². The van der Waals surface area contributed by atoms with Gasteiger partial charge in [0, 0.05) is 12.5 Å². The minimum atomic E-state index is -4.45. The van der Waals surface area contributed by atoms with Crippen molar-refractivity contribution in [1.82, 2.24) is 15.3 Å². The number of hydrogen-bond donors (Lipinski definition) is 2. The van der Waals surface area contributed by atoms with E-state index in [1.807, 2.05) is 0 Å². The summed E-state index contributed by atoms with van der Waals surface area (Å²) in [7, 11) is 1.35. The molecule has 6 nitrogen and oxygen atoms in total. The molecule has 0 radical (unpaired) electrons. The Labute approximate surface area is 192 Å². The molecule has 1 aliphatic carbocycles. The van der Waals surface area contributed by atoms with Gasteiger partial charge in [-0.15, -0.1) is 0 Å². The zero-order valence-electron chi connectivity index (χ0n) is 18.1. The number of nitrogens with zero attached hydrogens (tertiary/aromatic N) is 1. The summed E-state index contributed by atoms with van der Waals surface area (Å²) in [6.45, 7) is 0. The van der Waals surface area contributed by atoms with E-state index in [1.165, 1.54) is 31.4 Å². The second-order valence-electron chi connectivity index (χ2n) is 8.13. The summed E-state index contributed by atoms with van der Waals surface area (Å²) in [5, 5.41) is 2.80. The molecule has 3 aromatic rings. The minimum Gasteiger partial charge on any atom is -0.494 e. The van der Waals surface area contributed by atoms with E-state index in [1.54, 1.807) is 6.07 Å². The van der Waals surface area contributed by atoms with Crippen LogP contribution in [0.5, 0.6) is 5.75 Å². The number of carbonyl (C=O) groups excluding carboxylic acids is 1. The highest BCUT2D eigenvalue weighted by molar-refractivity contribution is 5.92. The first-order valence-corrected chi connectivity index (χ1v) is 10.5. The van der Waals surface area contributed by atoms with Crippen molar-refractivity contribution in [3.8, 4) is 5.75 Å². The number of methoxy groups -OCH3 is 1. The van der Waals surface area contributed by atoms with Crippen LogP contribution in [0.25, 0.3) is 0 Å². The number of rotatable bonds is 7. The summed E-state index contributed by atoms with van der Waals surface area (Å²) >= 11 is 0. The van der Waals surface area contributed by atoms with E-state index >= 15 is 0 Å². The van der Waals surface area contributed by atoms with Crippen molar-refractivity contribution >= 4 is 5.91 Å². The van der Waals surface area contributed by atoms with E-state index in [2.05, 4.69) is 15.3 Å². The summed E-state index contributed by atoms with van der Waals surface area (Å²) in [6, 6.07) is 9.51. The van der Waals surface area contributed by atoms with E-state index in [4.69, 9.17) is 4.74 Å². The Morgan fingerprint density at radius 3 is 2.47 bits per heavy atom. The monoisotopic (exact) mass is 475 g/mol. The van der Waals surface area contributed by atoms with Crippen LogP contribution in [-0.4, -0.2) is 23.0 Å². The number of aromatic amines is 1. The molecular weight excluding hydrogens is 454 g/mol. The normalized spacial score (nSPS) is 14.5. The molecule has 10 heteroatoms. The zero-order valence-corrected chi connectivity index (χ0v) is 18.1. The number of benzene rings is 2. The third-order valence-corrected chi connectivity index (χ3v) is 5.59. The van der Waals surface area contributed by atoms with Crippen LogP contribution in [0.3, 0.4) is 0 Å². The third-order valence-electron chi connectivity index (χ3n) is 5.59. The Morgan fingerprint density at radius 1 is 1.18 bits per heavy atom. The molecule has 0 saturated heterocycles. The third kappa shape index (κ3) is 5.44. The Kier molecular flexibility index (Phi) is 6.41. The van der Waals surface area contributed by atoms with E-state index in [0.29, 0.717) is 11.1 Å². The molecule has 4 rings (SSSR count). The van der Waals surface area contributed by atoms with Gasteiger partial charge in [-0.05, 0) is 54.2 Å². The minimum absolute atomic E-state index is 0.0717. The SMILES string of the molecule is COc1ccc(Cc2nc(C(=O)NC(c3ccc(C(F)(F)F)cc3)C3CC3)cc(=O)[nH]2)cc1F. The molecule has 2 aromatic carbocycles. The summed E-state index contributed by atoms with van der Waals surface area (Å²) in [6.07, 6.45) is -2.73. The summed E-state index contributed by atoms with van der Waals surface area (Å²) in [4.78, 5) is 31.8. The predicted octanol–water partition coefficient (Wildman–Crippen LogP) is 4.41. The maximum atomic E-state index is 14.0. The fraction of sp³-hybridized carbons (Fsp3) is 0.292. The van der Waals surface area contributed by atoms with E-state index in [-0.39, 0.29) is 29.6 Å². The Balaban J connectivity index is 1.53. The summed E-state index contributed by atoms with van der Waals surface area (Å²) in [5.41, 5.74) is -0.401. The molecule has 1 aromatic heterocycles. The molecule has 1 fully saturated rings. The zero-order chi connectivity index (χ0) is 24.5. The molecule has 178 valence electrons. The topological polar surface area (TPSA) is 84.1 Å². The Bertz CT molecular complexity index is 1250. The summed E-state index contributed by atoms with van der Waals surface area (Å²) in [5.74, 6) is -0.859. The first-order valence-electron chi connectivity index (χ1n) is 10.5. The lowest BCUT2D eigenvalue weighted by atomic mass is 10.0. The lowest BCUT2D eigenvalue weighted by Gasteiger charge is -2.19. The van der Waals surface area contributed by atoms with Crippen LogP contribution in [0.15, 0.2) is 53.3 Å². The van der Waals surface area contributed by atoms with Gasteiger partial charge < -0.3 is 15.0 Å². The highest BCUT2D eigenvalue weighted by atomic mass is 19.4. The van der Waals surface area contributed by atoms with Crippen LogP contribution in [0.4, 0.5) is 17.6 Å². The number of carbonyl (C=O) groups is 1. The lowest BCUT2D eigenvalue weighted by molar-refractivity contribution is -0.137. The average molecular weight is 475 g/mol. The van der Waals surface area contributed by atoms with Crippen LogP contribution < -0.4 is 15.6 Å². The number of H-pyrrole nitrogens is 1. The van der Waals surface area contributed by atoms with Crippen LogP contribution >= 0.6 is 0 Å². The number of halogens is 4. The van der Waals surface area contributed by atoms with Crippen LogP contribution in [0.1, 0.15) is 51.9 Å². The first-order chi connectivity index (χ1) is 16.1. The molecule has 0 spiro atoms. The number of hydrogen-bond acceptors (Lipinski definition) is 4. The van der Waals surface area contributed by atoms with E-state index < -0.39 is 35.1 Å². The molecule has 34 heavy (non-hydrogen) atoms. The average Bonchev–Trinajstić information content (AvgIpc) is 3.62. The molecule has 0 bridgehead atoms. The van der Waals surface area contributed by atoms with Crippen LogP contribution in [0, 0.1) is 11.7 Å². The van der Waals surface area contributed by atoms with Crippen molar-refractivity contribution in [1.29, 1.82) is 0 Å². The van der Waals surface area contributed by atoms with Crippen LogP contribution in [-0.2, 0) is 12.6 Å². The highest BCUT2D eigenvalue weighted by Crippen LogP contribution is 2.41. The number of amides is 1. The van der Waals surface area contributed by atoms with Gasteiger partial charge in [-0.3, -0.25) is 9.59 Å². The van der Waals surface area contributed by atoms with Crippen molar-refractivity contribution in [2.24, 2.45) is 5.92 Å². The number of aromatic nitrogens is 2. The Morgan fingerprint density at radius 2 is 1.88 bits per heavy atom. The van der Waals surface area contributed by atoms with Crippen molar-refractivity contribution in [3.63, 3.8) is 0 Å². The maximum Gasteiger partial charge on any atom is 0.416 e. The molecule has 1 heterocycles. The smallest absolute Gasteiger partial charge is 0.416 e. The number of ether oxygens (including phenoxy) is 1. The van der Waals surface area contributed by atoms with Gasteiger partial charge in [0.15, 0.2) is 11.6 Å². The molecule has 1 unspecified atom stereocenters. The molecule has 1 atom stereocenters. The molecule has 0 aliphatic heterocycles. The molecule has 1 amide bonds. The van der Waals surface area contributed by atoms with Crippen molar-refractivity contribution in [3.05, 3.63) is 92.9 Å². The van der Waals surface area contributed by atoms with Gasteiger partial charge in [-0.1, -0.05) is 18.2 Å². The quantitative estimate of drug-likeness (QED) is 0.496. The van der Waals surface area contributed by atoms with Crippen molar-refractivity contribution in [2.45, 2.75) is 31.5 Å². The van der Waals surface area contributed by atoms with Crippen molar-refractivity contribution < 1.29 is 27.1 Å². The number of alkyl halides is 3. The van der Waals surface area contributed by atoms with Gasteiger partial charge in [-0.25, -0.2) is 9.37 Å². The molecule has 2 N–H and O–H groups in total. The fourth-order valence-corrected chi connectivity index (χ4v) is 3.72. The van der Waals surface area contributed by atoms with Gasteiger partial charge in [0.05, 0.1) is 18.7 Å². The van der Waals surface area contributed by atoms with Crippen LogP contribution in [0.2, 0.25) is 0 Å². The van der Waals surface area contributed by atoms with Gasteiger partial charge >= 0.3 is 6.18 Å². The van der Waals surface area contributed by atoms with Crippen molar-refractivity contribution in [2.75, 3.05) is 7.11 Å². The van der Waals surface area contributed by atoms with Gasteiger partial charge in [0.2, 0.25) is 0 Å². The van der Waals surface area contributed by atoms with Gasteiger partial charge in [0.25, 0.3) is 11.5 Å². The molecule has 1 saturated carbocycles. The molecule has 1 aliphatic rings. The fourth-order valence-electron chi connectivity index (χ4n) is 3.72.